The molecule has 4 nitrogen and oxygen atoms in total. The fraction of sp³-hybridized carbons (Fsp3) is 0. The maximum absolute atomic E-state index is 10.2. The van der Waals surface area contributed by atoms with E-state index in [4.69, 9.17) is 6.57 Å². The van der Waals surface area contributed by atoms with Gasteiger partial charge in [-0.2, -0.15) is 5.26 Å². The third-order valence-corrected chi connectivity index (χ3v) is 8.48. The largest absolute Gasteiger partial charge is 0.311 e. The molecule has 0 spiro atoms. The number of rotatable bonds is 3. The maximum atomic E-state index is 10.2. The molecule has 6 aromatic rings. The molecule has 43 heavy (non-hydrogen) atoms. The molecule has 0 saturated carbocycles. The Balaban J connectivity index is 1.54. The molecule has 6 aromatic carbocycles. The van der Waals surface area contributed by atoms with Crippen LogP contribution in [0.25, 0.3) is 16.0 Å². The normalized spacial score (nSPS) is 12.5. The summed E-state index contributed by atoms with van der Waals surface area (Å²) in [5, 5.41) is 10.2. The third-order valence-electron chi connectivity index (χ3n) is 8.48. The molecular weight excluding hydrogens is 523 g/mol. The van der Waals surface area contributed by atoms with Gasteiger partial charge in [-0.3, -0.25) is 0 Å². The summed E-state index contributed by atoms with van der Waals surface area (Å²) in [5.41, 5.74) is 12.6. The minimum atomic E-state index is 0.0120. The molecule has 0 amide bonds. The molecule has 0 radical (unpaired) electrons. The van der Waals surface area contributed by atoms with Gasteiger partial charge in [-0.25, -0.2) is 4.85 Å². The lowest BCUT2D eigenvalue weighted by Crippen LogP contribution is -2.61. The molecule has 0 aromatic heterocycles. The Bertz CT molecular complexity index is 1980. The molecular formula is C38H23BN4. The smallest absolute Gasteiger partial charge is 0.252 e. The molecule has 0 atom stereocenters. The number of fused-ring (bicyclic) bond motifs is 4. The van der Waals surface area contributed by atoms with Crippen LogP contribution in [0.15, 0.2) is 140 Å². The molecule has 0 bridgehead atoms. The molecule has 0 unspecified atom stereocenters. The van der Waals surface area contributed by atoms with E-state index in [1.165, 1.54) is 16.4 Å². The van der Waals surface area contributed by atoms with Gasteiger partial charge in [0.1, 0.15) is 0 Å². The van der Waals surface area contributed by atoms with Gasteiger partial charge in [-0.15, -0.1) is 0 Å². The highest BCUT2D eigenvalue weighted by atomic mass is 15.2. The van der Waals surface area contributed by atoms with Crippen molar-refractivity contribution in [2.24, 2.45) is 0 Å². The van der Waals surface area contributed by atoms with Crippen molar-refractivity contribution in [3.8, 4) is 17.2 Å². The van der Waals surface area contributed by atoms with Crippen LogP contribution in [-0.2, 0) is 0 Å². The Morgan fingerprint density at radius 1 is 0.581 bits per heavy atom. The second-order valence-electron chi connectivity index (χ2n) is 10.7. The molecule has 0 N–H and O–H groups in total. The van der Waals surface area contributed by atoms with E-state index in [-0.39, 0.29) is 6.71 Å². The lowest BCUT2D eigenvalue weighted by atomic mass is 9.33. The van der Waals surface area contributed by atoms with Crippen molar-refractivity contribution in [1.82, 2.24) is 0 Å². The zero-order valence-corrected chi connectivity index (χ0v) is 23.1. The van der Waals surface area contributed by atoms with Crippen molar-refractivity contribution in [2.45, 2.75) is 0 Å². The Kier molecular flexibility index (Phi) is 5.64. The van der Waals surface area contributed by atoms with Crippen molar-refractivity contribution in [2.75, 3.05) is 9.80 Å². The highest BCUT2D eigenvalue weighted by Crippen LogP contribution is 2.47. The molecule has 8 rings (SSSR count). The highest BCUT2D eigenvalue weighted by molar-refractivity contribution is 7.00. The van der Waals surface area contributed by atoms with Gasteiger partial charge >= 0.3 is 0 Å². The van der Waals surface area contributed by atoms with Gasteiger partial charge in [0.05, 0.1) is 12.6 Å². The summed E-state index contributed by atoms with van der Waals surface area (Å²) >= 11 is 0. The van der Waals surface area contributed by atoms with Gasteiger partial charge in [0.2, 0.25) is 0 Å². The van der Waals surface area contributed by atoms with E-state index in [0.717, 1.165) is 39.7 Å². The van der Waals surface area contributed by atoms with E-state index in [1.54, 1.807) is 18.2 Å². The molecule has 0 aliphatic carbocycles. The molecule has 2 aliphatic rings. The van der Waals surface area contributed by atoms with Crippen LogP contribution in [-0.4, -0.2) is 6.71 Å². The predicted molar refractivity (Wildman–Crippen MR) is 177 cm³/mol. The summed E-state index contributed by atoms with van der Waals surface area (Å²) < 4.78 is 0. The lowest BCUT2D eigenvalue weighted by molar-refractivity contribution is 1.25. The zero-order chi connectivity index (χ0) is 28.9. The summed E-state index contributed by atoms with van der Waals surface area (Å²) in [6, 6.07) is 50.3. The fourth-order valence-corrected chi connectivity index (χ4v) is 6.78. The number of anilines is 6. The summed E-state index contributed by atoms with van der Waals surface area (Å²) in [5.74, 6) is 0. The summed E-state index contributed by atoms with van der Waals surface area (Å²) in [6.07, 6.45) is 0. The number of hydrogen-bond acceptors (Lipinski definition) is 3. The third kappa shape index (κ3) is 3.70. The Morgan fingerprint density at radius 3 is 1.60 bits per heavy atom. The molecule has 2 heterocycles. The van der Waals surface area contributed by atoms with E-state index in [1.807, 2.05) is 12.1 Å². The van der Waals surface area contributed by atoms with Crippen molar-refractivity contribution >= 4 is 62.9 Å². The van der Waals surface area contributed by atoms with Crippen LogP contribution in [0, 0.1) is 17.9 Å². The van der Waals surface area contributed by atoms with Crippen LogP contribution in [0.3, 0.4) is 0 Å². The van der Waals surface area contributed by atoms with E-state index >= 15 is 0 Å². The van der Waals surface area contributed by atoms with Crippen LogP contribution in [0.1, 0.15) is 5.56 Å². The number of benzene rings is 6. The highest BCUT2D eigenvalue weighted by Gasteiger charge is 2.43. The molecule has 0 fully saturated rings. The SMILES string of the molecule is [C-]#[N+]c1cccc(C#N)c1-c1cc2c3c(c1)N(c1ccccc1)c1ccccc1B3c1ccccc1N2c1ccccc1. The first-order valence-electron chi connectivity index (χ1n) is 14.3. The van der Waals surface area contributed by atoms with Crippen molar-refractivity contribution in [3.63, 3.8) is 0 Å². The van der Waals surface area contributed by atoms with Gasteiger partial charge in [-0.05, 0) is 76.5 Å². The van der Waals surface area contributed by atoms with Crippen LogP contribution >= 0.6 is 0 Å². The standard InChI is InChI=1S/C38H23BN4/c1-41-32-20-12-13-26(25-40)37(32)27-23-35-38-36(24-27)43(29-16-6-3-7-17-29)34-22-11-9-19-31(34)39(38)30-18-8-10-21-33(30)42(35)28-14-4-2-5-15-28/h2-24H. The van der Waals surface area contributed by atoms with E-state index in [9.17, 15) is 5.26 Å². The topological polar surface area (TPSA) is 34.6 Å². The van der Waals surface area contributed by atoms with E-state index in [0.29, 0.717) is 16.8 Å². The Labute approximate surface area is 251 Å². The van der Waals surface area contributed by atoms with Crippen LogP contribution < -0.4 is 26.2 Å². The van der Waals surface area contributed by atoms with Gasteiger partial charge in [0.25, 0.3) is 6.71 Å². The first-order chi connectivity index (χ1) is 21.3. The number of para-hydroxylation sites is 4. The Morgan fingerprint density at radius 2 is 1.09 bits per heavy atom. The number of nitrogens with zero attached hydrogens (tertiary/aromatic N) is 4. The molecule has 5 heteroatoms. The quantitative estimate of drug-likeness (QED) is 0.167. The van der Waals surface area contributed by atoms with Gasteiger partial charge < -0.3 is 9.80 Å². The average molecular weight is 546 g/mol. The monoisotopic (exact) mass is 546 g/mol. The Hall–Kier alpha value is -6.04. The minimum Gasteiger partial charge on any atom is -0.311 e. The fourth-order valence-electron chi connectivity index (χ4n) is 6.78. The molecule has 198 valence electrons. The van der Waals surface area contributed by atoms with Crippen LogP contribution in [0.5, 0.6) is 0 Å². The summed E-state index contributed by atoms with van der Waals surface area (Å²) in [4.78, 5) is 8.51. The van der Waals surface area contributed by atoms with Crippen molar-refractivity contribution < 1.29 is 0 Å². The minimum absolute atomic E-state index is 0.0120. The predicted octanol–water partition coefficient (Wildman–Crippen LogP) is 7.86. The second kappa shape index (κ2) is 9.81. The summed E-state index contributed by atoms with van der Waals surface area (Å²) in [6.45, 7) is 7.98. The first kappa shape index (κ1) is 24.7. The van der Waals surface area contributed by atoms with Crippen molar-refractivity contribution in [3.05, 3.63) is 157 Å². The average Bonchev–Trinajstić information content (AvgIpc) is 3.08. The van der Waals surface area contributed by atoms with Crippen LogP contribution in [0.4, 0.5) is 39.8 Å². The maximum Gasteiger partial charge on any atom is 0.252 e. The molecule has 2 aliphatic heterocycles. The van der Waals surface area contributed by atoms with Crippen molar-refractivity contribution in [1.29, 1.82) is 5.26 Å². The number of nitriles is 1. The van der Waals surface area contributed by atoms with Crippen LogP contribution in [0.2, 0.25) is 0 Å². The van der Waals surface area contributed by atoms with Gasteiger partial charge in [0, 0.05) is 45.3 Å². The molecule has 0 saturated heterocycles. The second-order valence-corrected chi connectivity index (χ2v) is 10.7. The summed E-state index contributed by atoms with van der Waals surface area (Å²) in [7, 11) is 0. The van der Waals surface area contributed by atoms with Gasteiger partial charge in [0.15, 0.2) is 5.69 Å². The zero-order valence-electron chi connectivity index (χ0n) is 23.1. The van der Waals surface area contributed by atoms with Gasteiger partial charge in [-0.1, -0.05) is 84.9 Å². The first-order valence-corrected chi connectivity index (χ1v) is 14.3. The van der Waals surface area contributed by atoms with E-state index < -0.39 is 0 Å². The number of hydrogen-bond donors (Lipinski definition) is 0. The lowest BCUT2D eigenvalue weighted by Gasteiger charge is -2.44. The van der Waals surface area contributed by atoms with E-state index in [2.05, 4.69) is 130 Å².